The summed E-state index contributed by atoms with van der Waals surface area (Å²) in [6, 6.07) is 11.8. The summed E-state index contributed by atoms with van der Waals surface area (Å²) in [5, 5.41) is 8.21. The fraction of sp³-hybridized carbons (Fsp3) is 0.400. The maximum absolute atomic E-state index is 12.4. The Bertz CT molecular complexity index is 963. The van der Waals surface area contributed by atoms with Gasteiger partial charge < -0.3 is 14.2 Å². The Kier molecular flexibility index (Phi) is 5.48. The van der Waals surface area contributed by atoms with Crippen LogP contribution in [-0.4, -0.2) is 40.1 Å². The first-order valence-corrected chi connectivity index (χ1v) is 9.45. The predicted octanol–water partition coefficient (Wildman–Crippen LogP) is 2.21. The van der Waals surface area contributed by atoms with Crippen molar-refractivity contribution in [2.45, 2.75) is 31.9 Å². The molecule has 1 atom stereocenters. The van der Waals surface area contributed by atoms with Crippen LogP contribution in [-0.2, 0) is 17.7 Å². The number of benzene rings is 1. The first-order valence-electron chi connectivity index (χ1n) is 9.45. The summed E-state index contributed by atoms with van der Waals surface area (Å²) in [7, 11) is 1.96. The van der Waals surface area contributed by atoms with E-state index in [1.807, 2.05) is 30.1 Å². The maximum atomic E-state index is 12.4. The molecule has 8 heteroatoms. The highest BCUT2D eigenvalue weighted by Gasteiger charge is 2.24. The van der Waals surface area contributed by atoms with E-state index < -0.39 is 0 Å². The molecule has 146 valence electrons. The summed E-state index contributed by atoms with van der Waals surface area (Å²) in [6.45, 7) is 1.68. The molecule has 3 aromatic rings. The van der Waals surface area contributed by atoms with Gasteiger partial charge in [0.05, 0.1) is 11.9 Å². The number of hydrogen-bond donors (Lipinski definition) is 0. The Morgan fingerprint density at radius 1 is 1.29 bits per heavy atom. The number of nitrogens with zero attached hydrogens (tertiary/aromatic N) is 5. The molecular weight excluding hydrogens is 358 g/mol. The van der Waals surface area contributed by atoms with Crippen molar-refractivity contribution in [1.82, 2.24) is 19.9 Å². The van der Waals surface area contributed by atoms with Crippen molar-refractivity contribution in [1.29, 1.82) is 0 Å². The standard InChI is InChI=1S/C20H23N5O3/c1-24(10-9-15-6-3-2-4-7-15)16-12-19(26)25(21-13-16)14-18-22-20(28-23-18)17-8-5-11-27-17/h2-4,6-7,12-13,17H,5,8-11,14H2,1H3. The zero-order valence-electron chi connectivity index (χ0n) is 15.8. The van der Waals surface area contributed by atoms with Crippen molar-refractivity contribution < 1.29 is 9.26 Å². The monoisotopic (exact) mass is 381 g/mol. The van der Waals surface area contributed by atoms with Gasteiger partial charge in [0.25, 0.3) is 11.4 Å². The predicted molar refractivity (Wildman–Crippen MR) is 103 cm³/mol. The third kappa shape index (κ3) is 4.28. The van der Waals surface area contributed by atoms with Gasteiger partial charge in [0.1, 0.15) is 12.6 Å². The molecule has 8 nitrogen and oxygen atoms in total. The minimum absolute atomic E-state index is 0.133. The van der Waals surface area contributed by atoms with Crippen molar-refractivity contribution in [2.75, 3.05) is 25.1 Å². The smallest absolute Gasteiger partial charge is 0.269 e. The molecule has 1 aliphatic rings. The van der Waals surface area contributed by atoms with E-state index in [1.165, 1.54) is 10.2 Å². The average molecular weight is 381 g/mol. The summed E-state index contributed by atoms with van der Waals surface area (Å²) in [4.78, 5) is 18.8. The van der Waals surface area contributed by atoms with Gasteiger partial charge in [-0.15, -0.1) is 0 Å². The van der Waals surface area contributed by atoms with Gasteiger partial charge in [-0.05, 0) is 24.8 Å². The summed E-state index contributed by atoms with van der Waals surface area (Å²) in [6.07, 6.45) is 4.32. The Morgan fingerprint density at radius 2 is 2.14 bits per heavy atom. The van der Waals surface area contributed by atoms with Crippen LogP contribution in [0.2, 0.25) is 0 Å². The normalized spacial score (nSPS) is 16.4. The molecule has 0 amide bonds. The van der Waals surface area contributed by atoms with Gasteiger partial charge in [-0.1, -0.05) is 35.5 Å². The largest absolute Gasteiger partial charge is 0.373 e. The molecule has 1 unspecified atom stereocenters. The molecule has 0 N–H and O–H groups in total. The molecule has 0 radical (unpaired) electrons. The van der Waals surface area contributed by atoms with Crippen LogP contribution in [0.15, 0.2) is 51.9 Å². The van der Waals surface area contributed by atoms with Crippen LogP contribution < -0.4 is 10.5 Å². The average Bonchev–Trinajstić information content (AvgIpc) is 3.40. The second-order valence-electron chi connectivity index (χ2n) is 6.92. The van der Waals surface area contributed by atoms with E-state index in [-0.39, 0.29) is 18.2 Å². The first-order chi connectivity index (χ1) is 13.7. The molecule has 2 aromatic heterocycles. The number of aromatic nitrogens is 4. The van der Waals surface area contributed by atoms with Gasteiger partial charge in [0.2, 0.25) is 0 Å². The first kappa shape index (κ1) is 18.4. The van der Waals surface area contributed by atoms with Gasteiger partial charge in [-0.2, -0.15) is 10.1 Å². The lowest BCUT2D eigenvalue weighted by molar-refractivity contribution is 0.0835. The topological polar surface area (TPSA) is 86.3 Å². The summed E-state index contributed by atoms with van der Waals surface area (Å²) < 4.78 is 12.1. The number of anilines is 1. The number of hydrogen-bond acceptors (Lipinski definition) is 7. The van der Waals surface area contributed by atoms with E-state index in [4.69, 9.17) is 9.26 Å². The molecule has 1 fully saturated rings. The molecule has 0 spiro atoms. The van der Waals surface area contributed by atoms with E-state index >= 15 is 0 Å². The minimum atomic E-state index is -0.201. The summed E-state index contributed by atoms with van der Waals surface area (Å²) in [5.41, 5.74) is 1.84. The SMILES string of the molecule is CN(CCc1ccccc1)c1cnn(Cc2noc(C3CCCO3)n2)c(=O)c1. The second kappa shape index (κ2) is 8.35. The number of rotatable bonds is 7. The lowest BCUT2D eigenvalue weighted by atomic mass is 10.1. The van der Waals surface area contributed by atoms with E-state index in [9.17, 15) is 4.79 Å². The van der Waals surface area contributed by atoms with Crippen molar-refractivity contribution in [3.8, 4) is 0 Å². The third-order valence-corrected chi connectivity index (χ3v) is 4.85. The molecule has 1 saturated heterocycles. The lowest BCUT2D eigenvalue weighted by Crippen LogP contribution is -2.27. The molecule has 0 saturated carbocycles. The lowest BCUT2D eigenvalue weighted by Gasteiger charge is -2.19. The Hall–Kier alpha value is -3.00. The van der Waals surface area contributed by atoms with Gasteiger partial charge in [-0.25, -0.2) is 4.68 Å². The molecule has 28 heavy (non-hydrogen) atoms. The van der Waals surface area contributed by atoms with Gasteiger partial charge in [0, 0.05) is 26.3 Å². The quantitative estimate of drug-likeness (QED) is 0.620. The second-order valence-corrected chi connectivity index (χ2v) is 6.92. The Morgan fingerprint density at radius 3 is 2.89 bits per heavy atom. The van der Waals surface area contributed by atoms with Crippen LogP contribution in [0.25, 0.3) is 0 Å². The van der Waals surface area contributed by atoms with Gasteiger partial charge >= 0.3 is 0 Å². The van der Waals surface area contributed by atoms with E-state index in [1.54, 1.807) is 12.3 Å². The third-order valence-electron chi connectivity index (χ3n) is 4.85. The van der Waals surface area contributed by atoms with E-state index in [0.29, 0.717) is 18.3 Å². The molecule has 4 rings (SSSR count). The molecule has 0 aliphatic carbocycles. The van der Waals surface area contributed by atoms with Crippen molar-refractivity contribution >= 4 is 5.69 Å². The van der Waals surface area contributed by atoms with E-state index in [2.05, 4.69) is 27.4 Å². The van der Waals surface area contributed by atoms with Crippen LogP contribution in [0.5, 0.6) is 0 Å². The maximum Gasteiger partial charge on any atom is 0.269 e. The van der Waals surface area contributed by atoms with Crippen molar-refractivity contribution in [3.63, 3.8) is 0 Å². The zero-order chi connectivity index (χ0) is 19.3. The fourth-order valence-corrected chi connectivity index (χ4v) is 3.19. The van der Waals surface area contributed by atoms with Crippen molar-refractivity contribution in [3.05, 3.63) is 70.2 Å². The zero-order valence-corrected chi connectivity index (χ0v) is 15.8. The molecule has 1 aliphatic heterocycles. The number of ether oxygens (including phenoxy) is 1. The van der Waals surface area contributed by atoms with Crippen LogP contribution >= 0.6 is 0 Å². The Balaban J connectivity index is 1.39. The van der Waals surface area contributed by atoms with E-state index in [0.717, 1.165) is 31.5 Å². The fourth-order valence-electron chi connectivity index (χ4n) is 3.19. The highest BCUT2D eigenvalue weighted by atomic mass is 16.5. The Labute approximate surface area is 162 Å². The highest BCUT2D eigenvalue weighted by molar-refractivity contribution is 5.42. The molecular formula is C20H23N5O3. The van der Waals surface area contributed by atoms with Crippen LogP contribution in [0.1, 0.15) is 36.2 Å². The van der Waals surface area contributed by atoms with Gasteiger partial charge in [-0.3, -0.25) is 4.79 Å². The minimum Gasteiger partial charge on any atom is -0.373 e. The van der Waals surface area contributed by atoms with Crippen LogP contribution in [0, 0.1) is 0 Å². The van der Waals surface area contributed by atoms with Crippen LogP contribution in [0.4, 0.5) is 5.69 Å². The summed E-state index contributed by atoms with van der Waals surface area (Å²) >= 11 is 0. The number of likely N-dealkylation sites (N-methyl/N-ethyl adjacent to an activating group) is 1. The van der Waals surface area contributed by atoms with Crippen molar-refractivity contribution in [2.24, 2.45) is 0 Å². The molecule has 1 aromatic carbocycles. The highest BCUT2D eigenvalue weighted by Crippen LogP contribution is 2.26. The van der Waals surface area contributed by atoms with Crippen LogP contribution in [0.3, 0.4) is 0 Å². The summed E-state index contributed by atoms with van der Waals surface area (Å²) in [5.74, 6) is 0.892. The molecule has 3 heterocycles. The van der Waals surface area contributed by atoms with Gasteiger partial charge in [0.15, 0.2) is 5.82 Å². The molecule has 0 bridgehead atoms.